The third-order valence-electron chi connectivity index (χ3n) is 2.44. The average molecular weight is 314 g/mol. The third-order valence-corrected chi connectivity index (χ3v) is 5.64. The molecule has 1 fully saturated rings. The monoisotopic (exact) mass is 313 g/mol. The van der Waals surface area contributed by atoms with E-state index in [2.05, 4.69) is 4.72 Å². The van der Waals surface area contributed by atoms with Crippen LogP contribution in [0.2, 0.25) is 0 Å². The standard InChI is InChI=1S/C9H9ClFNO4S2/c10-17(13,14)7-3-4-9(8(11)5-7)12-18(15,16)6-1-2-6/h3-6,12H,1-2H2. The van der Waals surface area contributed by atoms with E-state index < -0.39 is 35.0 Å². The lowest BCUT2D eigenvalue weighted by atomic mass is 10.3. The molecule has 0 radical (unpaired) electrons. The van der Waals surface area contributed by atoms with Gasteiger partial charge in [-0.2, -0.15) is 0 Å². The first-order valence-electron chi connectivity index (χ1n) is 4.96. The van der Waals surface area contributed by atoms with Gasteiger partial charge in [0, 0.05) is 10.7 Å². The van der Waals surface area contributed by atoms with Crippen LogP contribution in [0.25, 0.3) is 0 Å². The quantitative estimate of drug-likeness (QED) is 0.857. The van der Waals surface area contributed by atoms with Crippen LogP contribution in [0.4, 0.5) is 10.1 Å². The van der Waals surface area contributed by atoms with Gasteiger partial charge in [-0.1, -0.05) is 0 Å². The molecule has 0 aromatic heterocycles. The largest absolute Gasteiger partial charge is 0.280 e. The summed E-state index contributed by atoms with van der Waals surface area (Å²) in [6.45, 7) is 0. The lowest BCUT2D eigenvalue weighted by molar-refractivity contribution is 0.596. The van der Waals surface area contributed by atoms with Crippen LogP contribution >= 0.6 is 10.7 Å². The average Bonchev–Trinajstić information content (AvgIpc) is 3.02. The Morgan fingerprint density at radius 2 is 1.83 bits per heavy atom. The van der Waals surface area contributed by atoms with Crippen molar-refractivity contribution in [3.63, 3.8) is 0 Å². The van der Waals surface area contributed by atoms with Gasteiger partial charge in [0.1, 0.15) is 5.82 Å². The van der Waals surface area contributed by atoms with Crippen molar-refractivity contribution in [2.45, 2.75) is 23.0 Å². The highest BCUT2D eigenvalue weighted by molar-refractivity contribution is 8.13. The first kappa shape index (κ1) is 13.6. The van der Waals surface area contributed by atoms with Crippen LogP contribution in [0.5, 0.6) is 0 Å². The van der Waals surface area contributed by atoms with Crippen LogP contribution < -0.4 is 4.72 Å². The first-order chi connectivity index (χ1) is 8.20. The summed E-state index contributed by atoms with van der Waals surface area (Å²) in [6.07, 6.45) is 1.09. The molecule has 1 aliphatic rings. The topological polar surface area (TPSA) is 80.3 Å². The maximum atomic E-state index is 13.5. The molecule has 1 saturated carbocycles. The lowest BCUT2D eigenvalue weighted by Gasteiger charge is -2.08. The van der Waals surface area contributed by atoms with Gasteiger partial charge < -0.3 is 0 Å². The van der Waals surface area contributed by atoms with Crippen molar-refractivity contribution in [3.05, 3.63) is 24.0 Å². The van der Waals surface area contributed by atoms with Gasteiger partial charge in [0.05, 0.1) is 15.8 Å². The van der Waals surface area contributed by atoms with E-state index in [0.29, 0.717) is 18.9 Å². The maximum absolute atomic E-state index is 13.5. The Bertz CT molecular complexity index is 683. The Labute approximate surface area is 108 Å². The zero-order valence-electron chi connectivity index (χ0n) is 8.93. The highest BCUT2D eigenvalue weighted by Gasteiger charge is 2.36. The Morgan fingerprint density at radius 1 is 1.22 bits per heavy atom. The molecule has 0 bridgehead atoms. The van der Waals surface area contributed by atoms with E-state index in [1.807, 2.05) is 0 Å². The van der Waals surface area contributed by atoms with Crippen LogP contribution in [-0.4, -0.2) is 22.1 Å². The van der Waals surface area contributed by atoms with Gasteiger partial charge in [-0.25, -0.2) is 21.2 Å². The minimum atomic E-state index is -4.03. The molecule has 0 heterocycles. The van der Waals surface area contributed by atoms with E-state index >= 15 is 0 Å². The van der Waals surface area contributed by atoms with Crippen molar-refractivity contribution in [2.75, 3.05) is 4.72 Å². The van der Waals surface area contributed by atoms with Crippen LogP contribution in [-0.2, 0) is 19.1 Å². The van der Waals surface area contributed by atoms with Gasteiger partial charge >= 0.3 is 0 Å². The molecule has 0 aliphatic heterocycles. The maximum Gasteiger partial charge on any atom is 0.261 e. The molecular weight excluding hydrogens is 305 g/mol. The summed E-state index contributed by atoms with van der Waals surface area (Å²) in [4.78, 5) is -0.420. The van der Waals surface area contributed by atoms with Crippen LogP contribution in [0.3, 0.4) is 0 Å². The fraction of sp³-hybridized carbons (Fsp3) is 0.333. The second-order valence-electron chi connectivity index (χ2n) is 3.93. The van der Waals surface area contributed by atoms with Crippen LogP contribution in [0, 0.1) is 5.82 Å². The van der Waals surface area contributed by atoms with Crippen LogP contribution in [0.1, 0.15) is 12.8 Å². The Kier molecular flexibility index (Phi) is 3.28. The molecule has 0 unspecified atom stereocenters. The molecule has 0 saturated heterocycles. The molecule has 1 aromatic rings. The van der Waals surface area contributed by atoms with Crippen molar-refractivity contribution in [1.29, 1.82) is 0 Å². The SMILES string of the molecule is O=S(=O)(Cl)c1ccc(NS(=O)(=O)C2CC2)c(F)c1. The number of hydrogen-bond acceptors (Lipinski definition) is 4. The highest BCUT2D eigenvalue weighted by Crippen LogP contribution is 2.31. The van der Waals surface area contributed by atoms with Gasteiger partial charge in [-0.15, -0.1) is 0 Å². The first-order valence-corrected chi connectivity index (χ1v) is 8.81. The fourth-order valence-electron chi connectivity index (χ4n) is 1.35. The van der Waals surface area contributed by atoms with Gasteiger partial charge in [0.15, 0.2) is 0 Å². The third kappa shape index (κ3) is 2.93. The van der Waals surface area contributed by atoms with Crippen molar-refractivity contribution in [3.8, 4) is 0 Å². The molecule has 1 aromatic carbocycles. The minimum absolute atomic E-state index is 0.286. The summed E-state index contributed by atoms with van der Waals surface area (Å²) >= 11 is 0. The number of hydrogen-bond donors (Lipinski definition) is 1. The number of nitrogens with one attached hydrogen (secondary N) is 1. The van der Waals surface area contributed by atoms with E-state index in [1.54, 1.807) is 0 Å². The molecule has 1 N–H and O–H groups in total. The minimum Gasteiger partial charge on any atom is -0.280 e. The molecule has 5 nitrogen and oxygen atoms in total. The lowest BCUT2D eigenvalue weighted by Crippen LogP contribution is -2.18. The number of benzene rings is 1. The fourth-order valence-corrected chi connectivity index (χ4v) is 3.50. The predicted molar refractivity (Wildman–Crippen MR) is 65.0 cm³/mol. The molecule has 1 aliphatic carbocycles. The molecule has 2 rings (SSSR count). The van der Waals surface area contributed by atoms with Gasteiger partial charge in [-0.05, 0) is 31.0 Å². The van der Waals surface area contributed by atoms with E-state index in [0.717, 1.165) is 12.1 Å². The molecule has 9 heteroatoms. The second-order valence-corrected chi connectivity index (χ2v) is 8.45. The summed E-state index contributed by atoms with van der Waals surface area (Å²) in [5, 5.41) is -0.492. The molecule has 100 valence electrons. The van der Waals surface area contributed by atoms with Crippen molar-refractivity contribution < 1.29 is 21.2 Å². The van der Waals surface area contributed by atoms with E-state index in [-0.39, 0.29) is 5.69 Å². The van der Waals surface area contributed by atoms with E-state index in [4.69, 9.17) is 10.7 Å². The van der Waals surface area contributed by atoms with E-state index in [9.17, 15) is 21.2 Å². The smallest absolute Gasteiger partial charge is 0.261 e. The molecule has 0 atom stereocenters. The molecular formula is C9H9ClFNO4S2. The summed E-state index contributed by atoms with van der Waals surface area (Å²) < 4.78 is 60.7. The highest BCUT2D eigenvalue weighted by atomic mass is 35.7. The van der Waals surface area contributed by atoms with Gasteiger partial charge in [0.2, 0.25) is 10.0 Å². The zero-order valence-corrected chi connectivity index (χ0v) is 11.3. The summed E-state index contributed by atoms with van der Waals surface area (Å²) in [5.41, 5.74) is -0.286. The predicted octanol–water partition coefficient (Wildman–Crippen LogP) is 1.66. The zero-order chi connectivity index (χ0) is 13.6. The second kappa shape index (κ2) is 4.36. The normalized spacial score (nSPS) is 16.6. The molecule has 18 heavy (non-hydrogen) atoms. The van der Waals surface area contributed by atoms with Gasteiger partial charge in [-0.3, -0.25) is 4.72 Å². The number of sulfonamides is 1. The Morgan fingerprint density at radius 3 is 2.28 bits per heavy atom. The number of halogens is 2. The number of anilines is 1. The Balaban J connectivity index is 2.31. The van der Waals surface area contributed by atoms with Crippen molar-refractivity contribution >= 4 is 35.4 Å². The molecule has 0 amide bonds. The number of rotatable bonds is 4. The summed E-state index contributed by atoms with van der Waals surface area (Å²) in [5.74, 6) is -0.985. The summed E-state index contributed by atoms with van der Waals surface area (Å²) in [6, 6.07) is 2.74. The van der Waals surface area contributed by atoms with Crippen molar-refractivity contribution in [1.82, 2.24) is 0 Å². The van der Waals surface area contributed by atoms with Crippen LogP contribution in [0.15, 0.2) is 23.1 Å². The summed E-state index contributed by atoms with van der Waals surface area (Å²) in [7, 11) is -2.57. The van der Waals surface area contributed by atoms with Gasteiger partial charge in [0.25, 0.3) is 9.05 Å². The Hall–Kier alpha value is -0.860. The molecule has 0 spiro atoms. The van der Waals surface area contributed by atoms with E-state index in [1.165, 1.54) is 0 Å². The van der Waals surface area contributed by atoms with Crippen molar-refractivity contribution in [2.24, 2.45) is 0 Å².